The zero-order valence-electron chi connectivity index (χ0n) is 10.5. The minimum absolute atomic E-state index is 0.0665. The van der Waals surface area contributed by atoms with Gasteiger partial charge in [-0.2, -0.15) is 0 Å². The van der Waals surface area contributed by atoms with Crippen molar-refractivity contribution >= 4 is 5.91 Å². The Hall–Kier alpha value is -0.570. The molecule has 4 atom stereocenters. The van der Waals surface area contributed by atoms with E-state index in [0.29, 0.717) is 12.0 Å². The van der Waals surface area contributed by atoms with E-state index in [0.717, 1.165) is 25.3 Å². The number of nitrogens with one attached hydrogen (secondary N) is 2. The molecule has 0 spiro atoms. The van der Waals surface area contributed by atoms with E-state index in [1.165, 1.54) is 19.3 Å². The summed E-state index contributed by atoms with van der Waals surface area (Å²) in [7, 11) is 0. The second-order valence-corrected chi connectivity index (χ2v) is 5.53. The lowest BCUT2D eigenvalue weighted by molar-refractivity contribution is -0.124. The average molecular weight is 224 g/mol. The van der Waals surface area contributed by atoms with Gasteiger partial charge < -0.3 is 10.6 Å². The first-order valence-corrected chi connectivity index (χ1v) is 6.72. The molecular formula is C13H24N2O. The fourth-order valence-electron chi connectivity index (χ4n) is 2.93. The van der Waals surface area contributed by atoms with Crippen LogP contribution >= 0.6 is 0 Å². The Labute approximate surface area is 98.4 Å². The average Bonchev–Trinajstić information content (AvgIpc) is 2.62. The first-order valence-electron chi connectivity index (χ1n) is 6.72. The topological polar surface area (TPSA) is 41.1 Å². The number of rotatable bonds is 2. The van der Waals surface area contributed by atoms with Crippen molar-refractivity contribution in [3.63, 3.8) is 0 Å². The quantitative estimate of drug-likeness (QED) is 0.749. The second-order valence-electron chi connectivity index (χ2n) is 5.53. The van der Waals surface area contributed by atoms with Crippen LogP contribution in [0.15, 0.2) is 0 Å². The Kier molecular flexibility index (Phi) is 3.85. The molecule has 0 bridgehead atoms. The SMILES string of the molecule is CC1CCC(NC(=O)[C@@H]2CCCCN2)C1C. The van der Waals surface area contributed by atoms with Gasteiger partial charge in [-0.1, -0.05) is 20.3 Å². The molecule has 2 fully saturated rings. The van der Waals surface area contributed by atoms with Gasteiger partial charge in [0.2, 0.25) is 5.91 Å². The summed E-state index contributed by atoms with van der Waals surface area (Å²) in [6.07, 6.45) is 5.80. The van der Waals surface area contributed by atoms with Crippen LogP contribution in [0.3, 0.4) is 0 Å². The first kappa shape index (κ1) is 11.9. The molecular weight excluding hydrogens is 200 g/mol. The fraction of sp³-hybridized carbons (Fsp3) is 0.923. The standard InChI is InChI=1S/C13H24N2O/c1-9-6-7-11(10(9)2)15-13(16)12-5-3-4-8-14-12/h9-12,14H,3-8H2,1-2H3,(H,15,16)/t9?,10?,11?,12-/m0/s1. The van der Waals surface area contributed by atoms with E-state index in [4.69, 9.17) is 0 Å². The number of hydrogen-bond acceptors (Lipinski definition) is 2. The van der Waals surface area contributed by atoms with Crippen LogP contribution in [0.5, 0.6) is 0 Å². The summed E-state index contributed by atoms with van der Waals surface area (Å²) in [5.74, 6) is 1.61. The maximum Gasteiger partial charge on any atom is 0.237 e. The molecule has 1 heterocycles. The molecule has 3 nitrogen and oxygen atoms in total. The summed E-state index contributed by atoms with van der Waals surface area (Å²) < 4.78 is 0. The van der Waals surface area contributed by atoms with Crippen LogP contribution in [-0.4, -0.2) is 24.5 Å². The van der Waals surface area contributed by atoms with Gasteiger partial charge in [0.1, 0.15) is 0 Å². The summed E-state index contributed by atoms with van der Waals surface area (Å²) in [5, 5.41) is 6.53. The van der Waals surface area contributed by atoms with E-state index in [9.17, 15) is 4.79 Å². The lowest BCUT2D eigenvalue weighted by Gasteiger charge is -2.26. The highest BCUT2D eigenvalue weighted by Gasteiger charge is 2.32. The smallest absolute Gasteiger partial charge is 0.237 e. The van der Waals surface area contributed by atoms with Crippen molar-refractivity contribution < 1.29 is 4.79 Å². The van der Waals surface area contributed by atoms with Crippen LogP contribution in [-0.2, 0) is 4.79 Å². The van der Waals surface area contributed by atoms with Crippen molar-refractivity contribution in [2.45, 2.75) is 58.0 Å². The summed E-state index contributed by atoms with van der Waals surface area (Å²) in [5.41, 5.74) is 0. The molecule has 0 aromatic heterocycles. The molecule has 2 rings (SSSR count). The van der Waals surface area contributed by atoms with Crippen LogP contribution in [0.4, 0.5) is 0 Å². The summed E-state index contributed by atoms with van der Waals surface area (Å²) in [4.78, 5) is 12.0. The van der Waals surface area contributed by atoms with Crippen LogP contribution in [0.1, 0.15) is 46.0 Å². The number of amides is 1. The molecule has 2 aliphatic rings. The molecule has 1 saturated heterocycles. The predicted octanol–water partition coefficient (Wildman–Crippen LogP) is 1.68. The summed E-state index contributed by atoms with van der Waals surface area (Å²) in [6.45, 7) is 5.54. The lowest BCUT2D eigenvalue weighted by Crippen LogP contribution is -2.50. The third kappa shape index (κ3) is 2.57. The zero-order valence-corrected chi connectivity index (χ0v) is 10.5. The van der Waals surface area contributed by atoms with Gasteiger partial charge in [0, 0.05) is 6.04 Å². The Morgan fingerprint density at radius 3 is 2.56 bits per heavy atom. The van der Waals surface area contributed by atoms with Gasteiger partial charge in [0.15, 0.2) is 0 Å². The Bertz CT molecular complexity index is 248. The molecule has 0 aromatic carbocycles. The molecule has 1 saturated carbocycles. The van der Waals surface area contributed by atoms with Crippen LogP contribution in [0, 0.1) is 11.8 Å². The van der Waals surface area contributed by atoms with Gasteiger partial charge >= 0.3 is 0 Å². The minimum atomic E-state index is 0.0665. The van der Waals surface area contributed by atoms with Crippen molar-refractivity contribution in [1.82, 2.24) is 10.6 Å². The lowest BCUT2D eigenvalue weighted by atomic mass is 9.97. The molecule has 3 heteroatoms. The first-order chi connectivity index (χ1) is 7.68. The molecule has 3 unspecified atom stereocenters. The van der Waals surface area contributed by atoms with Crippen LogP contribution in [0.25, 0.3) is 0 Å². The maximum absolute atomic E-state index is 12.0. The molecule has 1 aliphatic carbocycles. The van der Waals surface area contributed by atoms with Crippen molar-refractivity contribution in [3.05, 3.63) is 0 Å². The fourth-order valence-corrected chi connectivity index (χ4v) is 2.93. The van der Waals surface area contributed by atoms with Gasteiger partial charge in [0.05, 0.1) is 6.04 Å². The zero-order chi connectivity index (χ0) is 11.5. The van der Waals surface area contributed by atoms with E-state index >= 15 is 0 Å². The van der Waals surface area contributed by atoms with Gasteiger partial charge in [-0.25, -0.2) is 0 Å². The summed E-state index contributed by atoms with van der Waals surface area (Å²) >= 11 is 0. The van der Waals surface area contributed by atoms with E-state index in [1.807, 2.05) is 0 Å². The van der Waals surface area contributed by atoms with Crippen molar-refractivity contribution in [3.8, 4) is 0 Å². The van der Waals surface area contributed by atoms with Gasteiger partial charge in [0.25, 0.3) is 0 Å². The molecule has 0 radical (unpaired) electrons. The molecule has 16 heavy (non-hydrogen) atoms. The highest BCUT2D eigenvalue weighted by atomic mass is 16.2. The molecule has 2 N–H and O–H groups in total. The highest BCUT2D eigenvalue weighted by molar-refractivity contribution is 5.82. The largest absolute Gasteiger partial charge is 0.352 e. The normalized spacial score (nSPS) is 39.6. The van der Waals surface area contributed by atoms with Crippen LogP contribution < -0.4 is 10.6 Å². The monoisotopic (exact) mass is 224 g/mol. The highest BCUT2D eigenvalue weighted by Crippen LogP contribution is 2.31. The van der Waals surface area contributed by atoms with Gasteiger partial charge in [-0.3, -0.25) is 4.79 Å². The van der Waals surface area contributed by atoms with Crippen molar-refractivity contribution in [2.24, 2.45) is 11.8 Å². The Balaban J connectivity index is 1.82. The van der Waals surface area contributed by atoms with Crippen LogP contribution in [0.2, 0.25) is 0 Å². The number of carbonyl (C=O) groups excluding carboxylic acids is 1. The van der Waals surface area contributed by atoms with Crippen molar-refractivity contribution in [2.75, 3.05) is 6.54 Å². The molecule has 1 aliphatic heterocycles. The second kappa shape index (κ2) is 5.17. The molecule has 1 amide bonds. The predicted molar refractivity (Wildman–Crippen MR) is 65.1 cm³/mol. The third-order valence-corrected chi connectivity index (χ3v) is 4.42. The van der Waals surface area contributed by atoms with E-state index in [1.54, 1.807) is 0 Å². The minimum Gasteiger partial charge on any atom is -0.352 e. The van der Waals surface area contributed by atoms with Gasteiger partial charge in [-0.15, -0.1) is 0 Å². The number of carbonyl (C=O) groups is 1. The molecule has 0 aromatic rings. The number of piperidine rings is 1. The molecule has 92 valence electrons. The van der Waals surface area contributed by atoms with E-state index in [2.05, 4.69) is 24.5 Å². The summed E-state index contributed by atoms with van der Waals surface area (Å²) in [6, 6.07) is 0.475. The number of hydrogen-bond donors (Lipinski definition) is 2. The third-order valence-electron chi connectivity index (χ3n) is 4.42. The maximum atomic E-state index is 12.0. The van der Waals surface area contributed by atoms with Gasteiger partial charge in [-0.05, 0) is 44.1 Å². The Morgan fingerprint density at radius 2 is 2.00 bits per heavy atom. The van der Waals surface area contributed by atoms with E-state index < -0.39 is 0 Å². The van der Waals surface area contributed by atoms with E-state index in [-0.39, 0.29) is 11.9 Å². The Morgan fingerprint density at radius 1 is 1.19 bits per heavy atom. The van der Waals surface area contributed by atoms with Crippen molar-refractivity contribution in [1.29, 1.82) is 0 Å².